The molecular weight excluding hydrogens is 359 g/mol. The van der Waals surface area contributed by atoms with E-state index in [0.29, 0.717) is 44.7 Å². The lowest BCUT2D eigenvalue weighted by molar-refractivity contribution is -0.698. The molecule has 25 heavy (non-hydrogen) atoms. The first-order valence-corrected chi connectivity index (χ1v) is 9.48. The Balaban J connectivity index is 2.56. The van der Waals surface area contributed by atoms with Crippen LogP contribution in [0.2, 0.25) is 0 Å². The maximum Gasteiger partial charge on any atom is 0.171 e. The molecule has 0 unspecified atom stereocenters. The van der Waals surface area contributed by atoms with Crippen LogP contribution in [0.15, 0.2) is 47.7 Å². The molecule has 0 aromatic carbocycles. The minimum absolute atomic E-state index is 0.516. The maximum atomic E-state index is 5.58. The van der Waals surface area contributed by atoms with Crippen LogP contribution in [-0.4, -0.2) is 50.9 Å². The first-order valence-electron chi connectivity index (χ1n) is 8.41. The van der Waals surface area contributed by atoms with Crippen LogP contribution < -0.4 is 4.57 Å². The van der Waals surface area contributed by atoms with E-state index in [1.54, 1.807) is 0 Å². The van der Waals surface area contributed by atoms with E-state index in [-0.39, 0.29) is 0 Å². The van der Waals surface area contributed by atoms with E-state index in [1.165, 1.54) is 0 Å². The molecule has 138 valence electrons. The SMILES string of the molecule is C\C=C/C(=C\C=N\CCOCCCl)c1cc[n+](CCOCCCl)cc1. The molecule has 6 heteroatoms. The lowest BCUT2D eigenvalue weighted by atomic mass is 10.1. The number of nitrogens with zero attached hydrogens (tertiary/aromatic N) is 2. The van der Waals surface area contributed by atoms with Crippen molar-refractivity contribution >= 4 is 35.0 Å². The molecule has 0 amide bonds. The number of hydrogen-bond acceptors (Lipinski definition) is 3. The first-order chi connectivity index (χ1) is 12.3. The van der Waals surface area contributed by atoms with Gasteiger partial charge >= 0.3 is 0 Å². The van der Waals surface area contributed by atoms with Crippen LogP contribution in [-0.2, 0) is 16.0 Å². The van der Waals surface area contributed by atoms with Crippen LogP contribution in [0.3, 0.4) is 0 Å². The number of ether oxygens (including phenoxy) is 2. The maximum absolute atomic E-state index is 5.58. The Morgan fingerprint density at radius 3 is 2.40 bits per heavy atom. The number of allylic oxidation sites excluding steroid dienone is 4. The Labute approximate surface area is 160 Å². The highest BCUT2D eigenvalue weighted by molar-refractivity contribution is 6.18. The van der Waals surface area contributed by atoms with Crippen molar-refractivity contribution in [2.45, 2.75) is 13.5 Å². The van der Waals surface area contributed by atoms with Gasteiger partial charge in [0.15, 0.2) is 18.9 Å². The molecule has 0 spiro atoms. The first kappa shape index (κ1) is 21.8. The van der Waals surface area contributed by atoms with E-state index >= 15 is 0 Å². The molecule has 1 aromatic rings. The minimum atomic E-state index is 0.516. The highest BCUT2D eigenvalue weighted by atomic mass is 35.5. The van der Waals surface area contributed by atoms with Gasteiger partial charge in [-0.05, 0) is 24.1 Å². The Morgan fingerprint density at radius 1 is 1.08 bits per heavy atom. The highest BCUT2D eigenvalue weighted by Crippen LogP contribution is 2.13. The van der Waals surface area contributed by atoms with Gasteiger partial charge in [-0.15, -0.1) is 23.2 Å². The molecule has 0 aliphatic carbocycles. The number of pyridine rings is 1. The van der Waals surface area contributed by atoms with E-state index in [2.05, 4.69) is 27.8 Å². The van der Waals surface area contributed by atoms with Crippen molar-refractivity contribution in [1.82, 2.24) is 0 Å². The summed E-state index contributed by atoms with van der Waals surface area (Å²) in [6.07, 6.45) is 12.0. The zero-order chi connectivity index (χ0) is 18.2. The standard InChI is InChI=1S/C19H27Cl2N2O2/c1-2-3-18(4-9-22-10-16-24-14-7-20)19-5-11-23(12-6-19)13-17-25-15-8-21/h2-6,9,11-12H,7-8,10,13-17H2,1H3/q+1/b3-2-,18-4+,22-9+. The monoisotopic (exact) mass is 385 g/mol. The van der Waals surface area contributed by atoms with Gasteiger partial charge in [0, 0.05) is 30.1 Å². The van der Waals surface area contributed by atoms with Crippen LogP contribution in [0.5, 0.6) is 0 Å². The van der Waals surface area contributed by atoms with Crippen molar-refractivity contribution in [1.29, 1.82) is 0 Å². The van der Waals surface area contributed by atoms with Gasteiger partial charge in [-0.1, -0.05) is 12.2 Å². The summed E-state index contributed by atoms with van der Waals surface area (Å²) < 4.78 is 12.8. The Hall–Kier alpha value is -1.20. The molecule has 0 atom stereocenters. The van der Waals surface area contributed by atoms with E-state index in [4.69, 9.17) is 32.7 Å². The van der Waals surface area contributed by atoms with Crippen molar-refractivity contribution < 1.29 is 14.0 Å². The summed E-state index contributed by atoms with van der Waals surface area (Å²) in [5, 5.41) is 0. The summed E-state index contributed by atoms with van der Waals surface area (Å²) in [6, 6.07) is 4.18. The van der Waals surface area contributed by atoms with Crippen molar-refractivity contribution in [3.8, 4) is 0 Å². The summed E-state index contributed by atoms with van der Waals surface area (Å²) in [4.78, 5) is 4.33. The molecule has 0 saturated carbocycles. The number of hydrogen-bond donors (Lipinski definition) is 0. The second-order valence-electron chi connectivity index (χ2n) is 5.10. The molecule has 4 nitrogen and oxygen atoms in total. The molecule has 0 aliphatic rings. The van der Waals surface area contributed by atoms with Crippen LogP contribution in [0.4, 0.5) is 0 Å². The average Bonchev–Trinajstić information content (AvgIpc) is 2.64. The fourth-order valence-electron chi connectivity index (χ4n) is 2.03. The van der Waals surface area contributed by atoms with Gasteiger partial charge in [0.1, 0.15) is 6.61 Å². The molecule has 0 radical (unpaired) electrons. The van der Waals surface area contributed by atoms with Crippen LogP contribution in [0, 0.1) is 0 Å². The van der Waals surface area contributed by atoms with Gasteiger partial charge in [-0.3, -0.25) is 4.99 Å². The molecule has 0 saturated heterocycles. The quantitative estimate of drug-likeness (QED) is 0.171. The molecule has 0 aliphatic heterocycles. The van der Waals surface area contributed by atoms with Crippen molar-refractivity contribution in [3.63, 3.8) is 0 Å². The van der Waals surface area contributed by atoms with E-state index in [9.17, 15) is 0 Å². The second kappa shape index (κ2) is 15.1. The Morgan fingerprint density at radius 2 is 1.76 bits per heavy atom. The van der Waals surface area contributed by atoms with Crippen LogP contribution in [0.25, 0.3) is 5.57 Å². The molecule has 1 heterocycles. The number of aromatic nitrogens is 1. The van der Waals surface area contributed by atoms with Gasteiger partial charge in [0.05, 0.1) is 26.4 Å². The molecule has 0 fully saturated rings. The van der Waals surface area contributed by atoms with E-state index in [0.717, 1.165) is 17.7 Å². The van der Waals surface area contributed by atoms with Crippen molar-refractivity contribution in [2.75, 3.05) is 44.7 Å². The predicted molar refractivity (Wildman–Crippen MR) is 106 cm³/mol. The van der Waals surface area contributed by atoms with Crippen molar-refractivity contribution in [2.24, 2.45) is 4.99 Å². The Kier molecular flexibility index (Phi) is 13.2. The van der Waals surface area contributed by atoms with Crippen LogP contribution in [0.1, 0.15) is 12.5 Å². The molecular formula is C19H27Cl2N2O2+. The van der Waals surface area contributed by atoms with Gasteiger partial charge in [-0.25, -0.2) is 4.57 Å². The van der Waals surface area contributed by atoms with Crippen LogP contribution >= 0.6 is 23.2 Å². The summed E-state index contributed by atoms with van der Waals surface area (Å²) in [6.45, 7) is 5.85. The second-order valence-corrected chi connectivity index (χ2v) is 5.86. The number of halogens is 2. The van der Waals surface area contributed by atoms with E-state index < -0.39 is 0 Å². The summed E-state index contributed by atoms with van der Waals surface area (Å²) >= 11 is 11.1. The summed E-state index contributed by atoms with van der Waals surface area (Å²) in [7, 11) is 0. The zero-order valence-corrected chi connectivity index (χ0v) is 16.3. The minimum Gasteiger partial charge on any atom is -0.378 e. The highest BCUT2D eigenvalue weighted by Gasteiger charge is 2.03. The third-order valence-corrected chi connectivity index (χ3v) is 3.54. The molecule has 1 aromatic heterocycles. The predicted octanol–water partition coefficient (Wildman–Crippen LogP) is 3.52. The summed E-state index contributed by atoms with van der Waals surface area (Å²) in [5.74, 6) is 1.05. The zero-order valence-electron chi connectivity index (χ0n) is 14.7. The number of rotatable bonds is 13. The molecule has 0 bridgehead atoms. The Bertz CT molecular complexity index is 543. The largest absolute Gasteiger partial charge is 0.378 e. The fourth-order valence-corrected chi connectivity index (χ4v) is 2.25. The van der Waals surface area contributed by atoms with Gasteiger partial charge in [0.2, 0.25) is 0 Å². The lowest BCUT2D eigenvalue weighted by Crippen LogP contribution is -2.35. The summed E-state index contributed by atoms with van der Waals surface area (Å²) in [5.41, 5.74) is 2.25. The van der Waals surface area contributed by atoms with Crippen molar-refractivity contribution in [3.05, 3.63) is 48.3 Å². The van der Waals surface area contributed by atoms with Gasteiger partial charge in [0.25, 0.3) is 0 Å². The van der Waals surface area contributed by atoms with E-state index in [1.807, 2.05) is 37.7 Å². The fraction of sp³-hybridized carbons (Fsp3) is 0.474. The lowest BCUT2D eigenvalue weighted by Gasteiger charge is -2.02. The average molecular weight is 386 g/mol. The normalized spacial score (nSPS) is 12.5. The third-order valence-electron chi connectivity index (χ3n) is 3.23. The molecule has 1 rings (SSSR count). The number of alkyl halides is 2. The topological polar surface area (TPSA) is 34.7 Å². The smallest absolute Gasteiger partial charge is 0.171 e. The number of aliphatic imine (C=N–C) groups is 1. The third kappa shape index (κ3) is 10.4. The molecule has 0 N–H and O–H groups in total. The van der Waals surface area contributed by atoms with Gasteiger partial charge < -0.3 is 9.47 Å². The van der Waals surface area contributed by atoms with Gasteiger partial charge in [-0.2, -0.15) is 0 Å².